The molecule has 4 fully saturated rings. The number of carbonyl (C=O) groups excluding carboxylic acids is 1. The van der Waals surface area contributed by atoms with Crippen LogP contribution in [0.2, 0.25) is 0 Å². The zero-order valence-corrected chi connectivity index (χ0v) is 23.6. The van der Waals surface area contributed by atoms with Crippen LogP contribution in [0.4, 0.5) is 0 Å². The van der Waals surface area contributed by atoms with Crippen molar-refractivity contribution in [2.24, 2.45) is 55.4 Å². The number of rotatable bonds is 1. The lowest BCUT2D eigenvalue weighted by Crippen LogP contribution is -2.64. The summed E-state index contributed by atoms with van der Waals surface area (Å²) >= 11 is 0. The number of ether oxygens (including phenoxy) is 1. The van der Waals surface area contributed by atoms with Crippen molar-refractivity contribution in [1.29, 1.82) is 0 Å². The first kappa shape index (κ1) is 25.3. The number of fused-ring (bicyclic) bond motifs is 7. The van der Waals surface area contributed by atoms with Crippen molar-refractivity contribution in [3.05, 3.63) is 11.6 Å². The molecular formula is C31H49NO3. The second-order valence-electron chi connectivity index (χ2n) is 15.1. The summed E-state index contributed by atoms with van der Waals surface area (Å²) in [7, 11) is 1.59. The number of esters is 1. The van der Waals surface area contributed by atoms with Gasteiger partial charge in [0.25, 0.3) is 0 Å². The molecule has 196 valence electrons. The van der Waals surface area contributed by atoms with E-state index in [9.17, 15) is 10.0 Å². The molecule has 4 nitrogen and oxygen atoms in total. The number of oxime groups is 1. The molecule has 1 N–H and O–H groups in total. The van der Waals surface area contributed by atoms with Gasteiger partial charge in [0, 0.05) is 5.41 Å². The Kier molecular flexibility index (Phi) is 5.50. The topological polar surface area (TPSA) is 58.9 Å². The first-order valence-electron chi connectivity index (χ1n) is 14.2. The number of hydrogen-bond donors (Lipinski definition) is 1. The van der Waals surface area contributed by atoms with Gasteiger partial charge in [-0.2, -0.15) is 0 Å². The molecular weight excluding hydrogens is 434 g/mol. The quantitative estimate of drug-likeness (QED) is 0.179. The Hall–Kier alpha value is -1.32. The van der Waals surface area contributed by atoms with Crippen LogP contribution >= 0.6 is 0 Å². The van der Waals surface area contributed by atoms with E-state index in [-0.39, 0.29) is 38.5 Å². The van der Waals surface area contributed by atoms with Crippen molar-refractivity contribution in [3.63, 3.8) is 0 Å². The average molecular weight is 484 g/mol. The number of hydrogen-bond acceptors (Lipinski definition) is 4. The van der Waals surface area contributed by atoms with Gasteiger partial charge in [-0.15, -0.1) is 0 Å². The summed E-state index contributed by atoms with van der Waals surface area (Å²) in [6, 6.07) is 0. The van der Waals surface area contributed by atoms with Crippen LogP contribution < -0.4 is 0 Å². The van der Waals surface area contributed by atoms with E-state index in [1.54, 1.807) is 12.7 Å². The monoisotopic (exact) mass is 483 g/mol. The molecule has 0 radical (unpaired) electrons. The Balaban J connectivity index is 1.60. The molecule has 2 unspecified atom stereocenters. The van der Waals surface area contributed by atoms with E-state index in [4.69, 9.17) is 4.74 Å². The van der Waals surface area contributed by atoms with Gasteiger partial charge in [-0.1, -0.05) is 65.3 Å². The predicted octanol–water partition coefficient (Wildman–Crippen LogP) is 7.79. The minimum Gasteiger partial charge on any atom is -0.469 e. The molecule has 0 aromatic rings. The van der Waals surface area contributed by atoms with Gasteiger partial charge in [-0.3, -0.25) is 4.79 Å². The SMILES string of the molecule is COC(=O)[C@]12CCC(C)(C)C[C@H]1C1=CCC3[C@@]4(C)CC/C(=N\O)C(C)(C)C4CC[C@@]3(C)[C@]1(C)CC2. The van der Waals surface area contributed by atoms with Crippen molar-refractivity contribution in [2.75, 3.05) is 7.11 Å². The lowest BCUT2D eigenvalue weighted by molar-refractivity contribution is -0.181. The van der Waals surface area contributed by atoms with Crippen molar-refractivity contribution in [1.82, 2.24) is 0 Å². The Morgan fingerprint density at radius 1 is 0.971 bits per heavy atom. The Morgan fingerprint density at radius 3 is 2.31 bits per heavy atom. The second-order valence-corrected chi connectivity index (χ2v) is 15.1. The lowest BCUT2D eigenvalue weighted by atomic mass is 9.33. The second kappa shape index (κ2) is 7.60. The van der Waals surface area contributed by atoms with Gasteiger partial charge in [-0.05, 0) is 104 Å². The van der Waals surface area contributed by atoms with E-state index in [0.717, 1.165) is 57.1 Å². The molecule has 7 atom stereocenters. The van der Waals surface area contributed by atoms with Gasteiger partial charge in [0.2, 0.25) is 0 Å². The van der Waals surface area contributed by atoms with Crippen LogP contribution in [0.3, 0.4) is 0 Å². The molecule has 5 rings (SSSR count). The van der Waals surface area contributed by atoms with Crippen molar-refractivity contribution < 1.29 is 14.7 Å². The summed E-state index contributed by atoms with van der Waals surface area (Å²) < 4.78 is 5.50. The zero-order chi connectivity index (χ0) is 25.7. The normalized spacial score (nSPS) is 49.1. The summed E-state index contributed by atoms with van der Waals surface area (Å²) in [5.74, 6) is 1.49. The van der Waals surface area contributed by atoms with Crippen LogP contribution in [-0.4, -0.2) is 24.0 Å². The van der Waals surface area contributed by atoms with Crippen molar-refractivity contribution in [3.8, 4) is 0 Å². The molecule has 0 heterocycles. The van der Waals surface area contributed by atoms with Gasteiger partial charge in [-0.25, -0.2) is 0 Å². The van der Waals surface area contributed by atoms with Gasteiger partial charge >= 0.3 is 5.97 Å². The predicted molar refractivity (Wildman–Crippen MR) is 140 cm³/mol. The molecule has 0 spiro atoms. The van der Waals surface area contributed by atoms with Gasteiger partial charge < -0.3 is 9.94 Å². The third-order valence-electron chi connectivity index (χ3n) is 13.1. The first-order valence-corrected chi connectivity index (χ1v) is 14.2. The number of carbonyl (C=O) groups is 1. The summed E-state index contributed by atoms with van der Waals surface area (Å²) in [5.41, 5.74) is 3.02. The van der Waals surface area contributed by atoms with Crippen LogP contribution in [-0.2, 0) is 9.53 Å². The largest absolute Gasteiger partial charge is 0.469 e. The van der Waals surface area contributed by atoms with E-state index >= 15 is 0 Å². The highest BCUT2D eigenvalue weighted by Gasteiger charge is 2.69. The number of nitrogens with zero attached hydrogens (tertiary/aromatic N) is 1. The zero-order valence-electron chi connectivity index (χ0n) is 23.6. The minimum atomic E-state index is -0.334. The molecule has 0 aromatic heterocycles. The molecule has 0 saturated heterocycles. The number of allylic oxidation sites excluding steroid dienone is 2. The van der Waals surface area contributed by atoms with E-state index < -0.39 is 0 Å². The molecule has 0 bridgehead atoms. The third kappa shape index (κ3) is 3.10. The lowest BCUT2D eigenvalue weighted by Gasteiger charge is -2.70. The fourth-order valence-corrected chi connectivity index (χ4v) is 10.8. The van der Waals surface area contributed by atoms with Gasteiger partial charge in [0.05, 0.1) is 18.2 Å². The Labute approximate surface area is 213 Å². The fourth-order valence-electron chi connectivity index (χ4n) is 10.8. The van der Waals surface area contributed by atoms with Crippen LogP contribution in [0.25, 0.3) is 0 Å². The number of methoxy groups -OCH3 is 1. The minimum absolute atomic E-state index is 0.0359. The smallest absolute Gasteiger partial charge is 0.312 e. The molecule has 0 amide bonds. The molecule has 5 aliphatic carbocycles. The van der Waals surface area contributed by atoms with E-state index in [2.05, 4.69) is 59.7 Å². The Bertz CT molecular complexity index is 978. The molecule has 4 saturated carbocycles. The fraction of sp³-hybridized carbons (Fsp3) is 0.871. The van der Waals surface area contributed by atoms with Crippen LogP contribution in [0.15, 0.2) is 16.8 Å². The molecule has 0 aliphatic heterocycles. The molecule has 35 heavy (non-hydrogen) atoms. The maximum atomic E-state index is 13.4. The van der Waals surface area contributed by atoms with Crippen molar-refractivity contribution in [2.45, 2.75) is 113 Å². The van der Waals surface area contributed by atoms with E-state index in [0.29, 0.717) is 17.8 Å². The Morgan fingerprint density at radius 2 is 1.66 bits per heavy atom. The summed E-state index contributed by atoms with van der Waals surface area (Å²) in [6.45, 7) is 17.1. The average Bonchev–Trinajstić information content (AvgIpc) is 2.78. The maximum Gasteiger partial charge on any atom is 0.312 e. The summed E-state index contributed by atoms with van der Waals surface area (Å²) in [6.07, 6.45) is 13.4. The maximum absolute atomic E-state index is 13.4. The summed E-state index contributed by atoms with van der Waals surface area (Å²) in [5, 5.41) is 13.5. The van der Waals surface area contributed by atoms with Gasteiger partial charge in [0.15, 0.2) is 0 Å². The molecule has 5 aliphatic rings. The standard InChI is InChI=1S/C31H49NO3/c1-26(2)15-17-31(25(33)35-8)18-16-29(6)20(21(31)19-26)9-10-23-28(5)13-12-24(32-34)27(3,4)22(28)11-14-30(23,29)7/h9,21-23,34H,10-19H2,1-8H3/b32-24+/t21-,22?,23?,28-,29+,30+,31-/m0/s1. The first-order chi connectivity index (χ1) is 16.2. The van der Waals surface area contributed by atoms with Gasteiger partial charge in [0.1, 0.15) is 0 Å². The highest BCUT2D eigenvalue weighted by Crippen LogP contribution is 2.75. The highest BCUT2D eigenvalue weighted by atomic mass is 16.5. The molecule has 0 aromatic carbocycles. The molecule has 4 heteroatoms. The third-order valence-corrected chi connectivity index (χ3v) is 13.1. The van der Waals surface area contributed by atoms with E-state index in [1.807, 2.05) is 0 Å². The van der Waals surface area contributed by atoms with Crippen LogP contribution in [0.5, 0.6) is 0 Å². The van der Waals surface area contributed by atoms with E-state index in [1.165, 1.54) is 12.8 Å². The summed E-state index contributed by atoms with van der Waals surface area (Å²) in [4.78, 5) is 13.4. The highest BCUT2D eigenvalue weighted by molar-refractivity contribution is 5.90. The van der Waals surface area contributed by atoms with Crippen LogP contribution in [0.1, 0.15) is 113 Å². The van der Waals surface area contributed by atoms with Crippen molar-refractivity contribution >= 4 is 11.7 Å². The van der Waals surface area contributed by atoms with Crippen LogP contribution in [0, 0.1) is 50.2 Å².